The van der Waals surface area contributed by atoms with Crippen molar-refractivity contribution in [1.29, 1.82) is 0 Å². The van der Waals surface area contributed by atoms with Crippen LogP contribution in [0.4, 0.5) is 5.69 Å². The van der Waals surface area contributed by atoms with Gasteiger partial charge < -0.3 is 10.4 Å². The Morgan fingerprint density at radius 1 is 1.53 bits per heavy atom. The van der Waals surface area contributed by atoms with Crippen molar-refractivity contribution in [2.75, 3.05) is 11.9 Å². The number of rotatable bonds is 4. The molecule has 1 aliphatic carbocycles. The van der Waals surface area contributed by atoms with Gasteiger partial charge in [0.2, 0.25) is 0 Å². The van der Waals surface area contributed by atoms with Crippen LogP contribution in [0.15, 0.2) is 18.2 Å². The van der Waals surface area contributed by atoms with E-state index >= 15 is 0 Å². The zero-order valence-electron chi connectivity index (χ0n) is 8.79. The van der Waals surface area contributed by atoms with E-state index in [1.807, 2.05) is 12.1 Å². The summed E-state index contributed by atoms with van der Waals surface area (Å²) in [5.41, 5.74) is 3.56. The van der Waals surface area contributed by atoms with E-state index in [2.05, 4.69) is 18.3 Å². The summed E-state index contributed by atoms with van der Waals surface area (Å²) in [5, 5.41) is 11.4. The number of anilines is 1. The van der Waals surface area contributed by atoms with Crippen LogP contribution in [0.1, 0.15) is 29.9 Å². The third-order valence-electron chi connectivity index (χ3n) is 2.73. The molecule has 3 nitrogen and oxygen atoms in total. The summed E-state index contributed by atoms with van der Waals surface area (Å²) in [6.45, 7) is 2.06. The monoisotopic (exact) mass is 205 g/mol. The van der Waals surface area contributed by atoms with Crippen molar-refractivity contribution in [2.24, 2.45) is 0 Å². The molecule has 0 aromatic heterocycles. The molecular formula is C12H15NO2. The Hall–Kier alpha value is -1.51. The average molecular weight is 205 g/mol. The first-order chi connectivity index (χ1) is 7.16. The average Bonchev–Trinajstić information content (AvgIpc) is 2.98. The third-order valence-corrected chi connectivity index (χ3v) is 2.73. The molecule has 0 radical (unpaired) electrons. The second-order valence-electron chi connectivity index (χ2n) is 4.09. The van der Waals surface area contributed by atoms with Gasteiger partial charge >= 0.3 is 5.97 Å². The summed E-state index contributed by atoms with van der Waals surface area (Å²) in [6.07, 6.45) is 2.59. The Kier molecular flexibility index (Phi) is 2.62. The number of carbonyl (C=O) groups is 1. The molecule has 0 aliphatic heterocycles. The van der Waals surface area contributed by atoms with Gasteiger partial charge in [0.15, 0.2) is 0 Å². The fourth-order valence-corrected chi connectivity index (χ4v) is 1.82. The van der Waals surface area contributed by atoms with Crippen LogP contribution < -0.4 is 5.32 Å². The van der Waals surface area contributed by atoms with Gasteiger partial charge in [-0.05, 0) is 48.9 Å². The number of aryl methyl sites for hydroxylation is 1. The molecule has 0 bridgehead atoms. The molecule has 1 saturated carbocycles. The molecule has 1 aromatic carbocycles. The van der Waals surface area contributed by atoms with Crippen LogP contribution in [-0.2, 0) is 4.79 Å². The molecule has 0 spiro atoms. The predicted octanol–water partition coefficient (Wildman–Crippen LogP) is 2.37. The van der Waals surface area contributed by atoms with Crippen molar-refractivity contribution in [2.45, 2.75) is 25.7 Å². The molecule has 1 aliphatic rings. The maximum absolute atomic E-state index is 10.4. The summed E-state index contributed by atoms with van der Waals surface area (Å²) >= 11 is 0. The van der Waals surface area contributed by atoms with E-state index in [0.717, 1.165) is 11.6 Å². The van der Waals surface area contributed by atoms with Gasteiger partial charge in [0.1, 0.15) is 6.54 Å². The number of nitrogens with one attached hydrogen (secondary N) is 1. The van der Waals surface area contributed by atoms with Gasteiger partial charge in [-0.25, -0.2) is 0 Å². The third kappa shape index (κ3) is 2.49. The van der Waals surface area contributed by atoms with Crippen LogP contribution in [0.3, 0.4) is 0 Å². The lowest BCUT2D eigenvalue weighted by atomic mass is 10.0. The molecule has 80 valence electrons. The van der Waals surface area contributed by atoms with Crippen molar-refractivity contribution >= 4 is 11.7 Å². The standard InChI is InChI=1S/C12H15NO2/c1-8-6-10(13-7-12(14)15)4-5-11(8)9-2-3-9/h4-6,9,13H,2-3,7H2,1H3,(H,14,15). The molecule has 1 fully saturated rings. The van der Waals surface area contributed by atoms with Crippen molar-refractivity contribution in [3.8, 4) is 0 Å². The molecule has 0 amide bonds. The summed E-state index contributed by atoms with van der Waals surface area (Å²) in [5.74, 6) is -0.0857. The van der Waals surface area contributed by atoms with Crippen molar-refractivity contribution in [3.63, 3.8) is 0 Å². The molecule has 0 atom stereocenters. The summed E-state index contributed by atoms with van der Waals surface area (Å²) in [7, 11) is 0. The largest absolute Gasteiger partial charge is 0.480 e. The number of hydrogen-bond acceptors (Lipinski definition) is 2. The molecule has 1 aromatic rings. The fraction of sp³-hybridized carbons (Fsp3) is 0.417. The van der Waals surface area contributed by atoms with Gasteiger partial charge in [-0.2, -0.15) is 0 Å². The molecule has 3 heteroatoms. The van der Waals surface area contributed by atoms with Gasteiger partial charge in [0, 0.05) is 5.69 Å². The van der Waals surface area contributed by atoms with Gasteiger partial charge in [-0.1, -0.05) is 6.07 Å². The Morgan fingerprint density at radius 3 is 2.80 bits per heavy atom. The van der Waals surface area contributed by atoms with E-state index in [1.54, 1.807) is 0 Å². The highest BCUT2D eigenvalue weighted by atomic mass is 16.4. The van der Waals surface area contributed by atoms with Crippen molar-refractivity contribution in [3.05, 3.63) is 29.3 Å². The summed E-state index contributed by atoms with van der Waals surface area (Å²) in [6, 6.07) is 6.09. The lowest BCUT2D eigenvalue weighted by Gasteiger charge is -2.08. The van der Waals surface area contributed by atoms with Gasteiger partial charge in [0.05, 0.1) is 0 Å². The Bertz CT molecular complexity index is 383. The molecule has 0 unspecified atom stereocenters. The Morgan fingerprint density at radius 2 is 2.27 bits per heavy atom. The maximum atomic E-state index is 10.4. The van der Waals surface area contributed by atoms with Crippen molar-refractivity contribution in [1.82, 2.24) is 0 Å². The van der Waals surface area contributed by atoms with Gasteiger partial charge in [0.25, 0.3) is 0 Å². The van der Waals surface area contributed by atoms with E-state index in [0.29, 0.717) is 0 Å². The minimum atomic E-state index is -0.834. The second-order valence-corrected chi connectivity index (χ2v) is 4.09. The quantitative estimate of drug-likeness (QED) is 0.793. The SMILES string of the molecule is Cc1cc(NCC(=O)O)ccc1C1CC1. The van der Waals surface area contributed by atoms with Crippen LogP contribution in [0.25, 0.3) is 0 Å². The molecule has 0 heterocycles. The first-order valence-corrected chi connectivity index (χ1v) is 5.23. The minimum absolute atomic E-state index is 0.0256. The van der Waals surface area contributed by atoms with Crippen LogP contribution in [0.5, 0.6) is 0 Å². The van der Waals surface area contributed by atoms with E-state index in [-0.39, 0.29) is 6.54 Å². The topological polar surface area (TPSA) is 49.3 Å². The maximum Gasteiger partial charge on any atom is 0.322 e. The number of carboxylic acids is 1. The smallest absolute Gasteiger partial charge is 0.322 e. The number of aliphatic carboxylic acids is 1. The lowest BCUT2D eigenvalue weighted by Crippen LogP contribution is -2.12. The second kappa shape index (κ2) is 3.93. The van der Waals surface area contributed by atoms with Crippen LogP contribution in [0.2, 0.25) is 0 Å². The number of benzene rings is 1. The van der Waals surface area contributed by atoms with Crippen LogP contribution in [-0.4, -0.2) is 17.6 Å². The molecular weight excluding hydrogens is 190 g/mol. The molecule has 2 rings (SSSR count). The van der Waals surface area contributed by atoms with Gasteiger partial charge in [-0.3, -0.25) is 4.79 Å². The first-order valence-electron chi connectivity index (χ1n) is 5.23. The van der Waals surface area contributed by atoms with Crippen LogP contribution in [0, 0.1) is 6.92 Å². The molecule has 15 heavy (non-hydrogen) atoms. The van der Waals surface area contributed by atoms with E-state index in [9.17, 15) is 4.79 Å². The summed E-state index contributed by atoms with van der Waals surface area (Å²) < 4.78 is 0. The van der Waals surface area contributed by atoms with Gasteiger partial charge in [-0.15, -0.1) is 0 Å². The number of carboxylic acid groups (broad SMARTS) is 1. The Labute approximate surface area is 89.1 Å². The fourth-order valence-electron chi connectivity index (χ4n) is 1.82. The highest BCUT2D eigenvalue weighted by molar-refractivity contribution is 5.72. The predicted molar refractivity (Wildman–Crippen MR) is 59.3 cm³/mol. The normalized spacial score (nSPS) is 15.0. The zero-order valence-corrected chi connectivity index (χ0v) is 8.79. The van der Waals surface area contributed by atoms with Crippen molar-refractivity contribution < 1.29 is 9.90 Å². The molecule has 2 N–H and O–H groups in total. The van der Waals surface area contributed by atoms with E-state index in [1.165, 1.54) is 24.0 Å². The summed E-state index contributed by atoms with van der Waals surface area (Å²) in [4.78, 5) is 10.4. The van der Waals surface area contributed by atoms with E-state index < -0.39 is 5.97 Å². The van der Waals surface area contributed by atoms with Crippen LogP contribution >= 0.6 is 0 Å². The minimum Gasteiger partial charge on any atom is -0.480 e. The lowest BCUT2D eigenvalue weighted by molar-refractivity contribution is -0.134. The number of hydrogen-bond donors (Lipinski definition) is 2. The Balaban J connectivity index is 2.07. The highest BCUT2D eigenvalue weighted by Crippen LogP contribution is 2.41. The molecule has 0 saturated heterocycles. The van der Waals surface area contributed by atoms with E-state index in [4.69, 9.17) is 5.11 Å². The highest BCUT2D eigenvalue weighted by Gasteiger charge is 2.24. The first kappa shape index (κ1) is 10.0. The zero-order chi connectivity index (χ0) is 10.8.